The maximum Gasteiger partial charge on any atom is 0.300 e. The average Bonchev–Trinajstić information content (AvgIpc) is 3.37. The van der Waals surface area contributed by atoms with E-state index in [0.29, 0.717) is 28.6 Å². The molecule has 0 bridgehead atoms. The van der Waals surface area contributed by atoms with Crippen LogP contribution in [0.4, 0.5) is 5.69 Å². The van der Waals surface area contributed by atoms with E-state index in [1.807, 2.05) is 31.4 Å². The number of ketones is 1. The number of hydrogen-bond donors (Lipinski definition) is 1. The molecule has 3 aromatic rings. The van der Waals surface area contributed by atoms with E-state index in [9.17, 15) is 14.7 Å². The number of halogens is 1. The Morgan fingerprint density at radius 2 is 1.97 bits per heavy atom. The van der Waals surface area contributed by atoms with Gasteiger partial charge in [0.15, 0.2) is 0 Å². The number of Topliss-reactive ketones (excluding diaryl/α,β-unsaturated/α-hetero) is 1. The summed E-state index contributed by atoms with van der Waals surface area (Å²) in [5.41, 5.74) is 1.81. The van der Waals surface area contributed by atoms with Gasteiger partial charge in [-0.2, -0.15) is 0 Å². The quantitative estimate of drug-likeness (QED) is 0.304. The van der Waals surface area contributed by atoms with E-state index in [1.54, 1.807) is 42.5 Å². The Bertz CT molecular complexity index is 1190. The highest BCUT2D eigenvalue weighted by Crippen LogP contribution is 2.44. The van der Waals surface area contributed by atoms with Gasteiger partial charge < -0.3 is 9.84 Å². The van der Waals surface area contributed by atoms with Crippen LogP contribution in [0.15, 0.2) is 65.6 Å². The molecule has 2 heterocycles. The number of ether oxygens (including phenoxy) is 1. The molecule has 1 aromatic heterocycles. The first-order valence-electron chi connectivity index (χ1n) is 9.76. The van der Waals surface area contributed by atoms with Crippen LogP contribution in [0.25, 0.3) is 5.76 Å². The molecule has 1 aliphatic rings. The van der Waals surface area contributed by atoms with Crippen molar-refractivity contribution in [3.8, 4) is 5.75 Å². The van der Waals surface area contributed by atoms with Crippen LogP contribution in [0.1, 0.15) is 29.0 Å². The van der Waals surface area contributed by atoms with Gasteiger partial charge in [0.05, 0.1) is 12.2 Å². The van der Waals surface area contributed by atoms with Crippen LogP contribution in [-0.2, 0) is 9.59 Å². The summed E-state index contributed by atoms with van der Waals surface area (Å²) in [5.74, 6) is -1.12. The molecule has 1 saturated heterocycles. The van der Waals surface area contributed by atoms with Crippen molar-refractivity contribution in [3.63, 3.8) is 0 Å². The van der Waals surface area contributed by atoms with Crippen molar-refractivity contribution in [1.29, 1.82) is 0 Å². The minimum Gasteiger partial charge on any atom is -0.507 e. The summed E-state index contributed by atoms with van der Waals surface area (Å²) in [7, 11) is 0. The highest BCUT2D eigenvalue weighted by molar-refractivity contribution is 7.10. The molecule has 1 aliphatic heterocycles. The number of aliphatic hydroxyl groups excluding tert-OH is 1. The van der Waals surface area contributed by atoms with Crippen molar-refractivity contribution < 1.29 is 19.4 Å². The molecule has 31 heavy (non-hydrogen) atoms. The number of benzene rings is 2. The Morgan fingerprint density at radius 1 is 1.16 bits per heavy atom. The topological polar surface area (TPSA) is 66.8 Å². The molecular weight excluding hydrogens is 434 g/mol. The highest BCUT2D eigenvalue weighted by atomic mass is 35.5. The Hall–Kier alpha value is -3.09. The van der Waals surface area contributed by atoms with Crippen molar-refractivity contribution in [2.45, 2.75) is 19.9 Å². The average molecular weight is 454 g/mol. The van der Waals surface area contributed by atoms with Gasteiger partial charge in [0, 0.05) is 21.2 Å². The predicted octanol–water partition coefficient (Wildman–Crippen LogP) is 5.73. The number of carbonyl (C=O) groups is 2. The lowest BCUT2D eigenvalue weighted by molar-refractivity contribution is -0.132. The Morgan fingerprint density at radius 3 is 2.65 bits per heavy atom. The number of anilines is 1. The highest BCUT2D eigenvalue weighted by Gasteiger charge is 2.47. The zero-order valence-electron chi connectivity index (χ0n) is 17.0. The van der Waals surface area contributed by atoms with Crippen LogP contribution in [-0.4, -0.2) is 23.4 Å². The van der Waals surface area contributed by atoms with Gasteiger partial charge in [0.1, 0.15) is 17.6 Å². The summed E-state index contributed by atoms with van der Waals surface area (Å²) in [4.78, 5) is 28.4. The van der Waals surface area contributed by atoms with Crippen LogP contribution in [0.2, 0.25) is 5.02 Å². The number of rotatable bonds is 5. The van der Waals surface area contributed by atoms with Crippen molar-refractivity contribution in [2.24, 2.45) is 0 Å². The van der Waals surface area contributed by atoms with E-state index in [0.717, 1.165) is 10.4 Å². The van der Waals surface area contributed by atoms with Crippen LogP contribution >= 0.6 is 22.9 Å². The molecule has 158 valence electrons. The van der Waals surface area contributed by atoms with Gasteiger partial charge >= 0.3 is 0 Å². The SMILES string of the molecule is CCOc1cccc(/C(O)=C2/C(=O)C(=O)N(c3ccc(C)c(Cl)c3)C2c2cccs2)c1. The summed E-state index contributed by atoms with van der Waals surface area (Å²) in [6.45, 7) is 4.20. The number of amides is 1. The summed E-state index contributed by atoms with van der Waals surface area (Å²) < 4.78 is 5.51. The second-order valence-corrected chi connectivity index (χ2v) is 8.47. The van der Waals surface area contributed by atoms with Gasteiger partial charge in [-0.25, -0.2) is 0 Å². The Balaban J connectivity index is 1.90. The maximum atomic E-state index is 13.1. The van der Waals surface area contributed by atoms with Crippen LogP contribution in [0.5, 0.6) is 5.75 Å². The third kappa shape index (κ3) is 3.84. The molecule has 2 aromatic carbocycles. The minimum absolute atomic E-state index is 0.0396. The van der Waals surface area contributed by atoms with Crippen molar-refractivity contribution >= 4 is 46.1 Å². The Labute approximate surface area is 189 Å². The summed E-state index contributed by atoms with van der Waals surface area (Å²) in [6.07, 6.45) is 0. The van der Waals surface area contributed by atoms with E-state index < -0.39 is 17.7 Å². The molecular formula is C24H20ClNO4S. The normalized spacial score (nSPS) is 17.9. The molecule has 0 spiro atoms. The fourth-order valence-electron chi connectivity index (χ4n) is 3.60. The van der Waals surface area contributed by atoms with Crippen molar-refractivity contribution in [1.82, 2.24) is 0 Å². The van der Waals surface area contributed by atoms with Crippen molar-refractivity contribution in [2.75, 3.05) is 11.5 Å². The number of thiophene rings is 1. The van der Waals surface area contributed by atoms with Gasteiger partial charge in [-0.05, 0) is 55.1 Å². The molecule has 0 saturated carbocycles. The Kier molecular flexibility index (Phi) is 5.85. The largest absolute Gasteiger partial charge is 0.507 e. The fourth-order valence-corrected chi connectivity index (χ4v) is 4.60. The minimum atomic E-state index is -0.755. The number of hydrogen-bond acceptors (Lipinski definition) is 5. The molecule has 4 rings (SSSR count). The molecule has 1 unspecified atom stereocenters. The third-order valence-electron chi connectivity index (χ3n) is 5.11. The third-order valence-corrected chi connectivity index (χ3v) is 6.44. The van der Waals surface area contributed by atoms with Crippen molar-refractivity contribution in [3.05, 3.63) is 86.6 Å². The molecule has 1 amide bonds. The van der Waals surface area contributed by atoms with Crippen LogP contribution in [0, 0.1) is 6.92 Å². The van der Waals surface area contributed by atoms with E-state index in [4.69, 9.17) is 16.3 Å². The lowest BCUT2D eigenvalue weighted by Crippen LogP contribution is -2.29. The van der Waals surface area contributed by atoms with Gasteiger partial charge in [-0.15, -0.1) is 11.3 Å². The van der Waals surface area contributed by atoms with E-state index in [1.165, 1.54) is 16.2 Å². The number of aliphatic hydroxyl groups is 1. The summed E-state index contributed by atoms with van der Waals surface area (Å²) in [6, 6.07) is 15.0. The standard InChI is InChI=1S/C24H20ClNO4S/c1-3-30-17-7-4-6-15(12-17)22(27)20-21(19-8-5-11-31-19)26(24(29)23(20)28)16-10-9-14(2)18(25)13-16/h4-13,21,27H,3H2,1-2H3/b22-20-. The second kappa shape index (κ2) is 8.57. The second-order valence-electron chi connectivity index (χ2n) is 7.08. The monoisotopic (exact) mass is 453 g/mol. The predicted molar refractivity (Wildman–Crippen MR) is 123 cm³/mol. The lowest BCUT2D eigenvalue weighted by Gasteiger charge is -2.24. The maximum absolute atomic E-state index is 13.1. The van der Waals surface area contributed by atoms with E-state index in [2.05, 4.69) is 0 Å². The zero-order valence-corrected chi connectivity index (χ0v) is 18.5. The molecule has 5 nitrogen and oxygen atoms in total. The summed E-state index contributed by atoms with van der Waals surface area (Å²) in [5, 5.41) is 13.5. The first-order valence-corrected chi connectivity index (χ1v) is 11.0. The molecule has 7 heteroatoms. The fraction of sp³-hybridized carbons (Fsp3) is 0.167. The van der Waals surface area contributed by atoms with Gasteiger partial charge in [-0.1, -0.05) is 35.9 Å². The molecule has 1 N–H and O–H groups in total. The number of aryl methyl sites for hydroxylation is 1. The van der Waals surface area contributed by atoms with Crippen LogP contribution < -0.4 is 9.64 Å². The van der Waals surface area contributed by atoms with Crippen LogP contribution in [0.3, 0.4) is 0 Å². The summed E-state index contributed by atoms with van der Waals surface area (Å²) >= 11 is 7.70. The molecule has 0 aliphatic carbocycles. The first-order chi connectivity index (χ1) is 14.9. The number of carbonyl (C=O) groups excluding carboxylic acids is 2. The van der Waals surface area contributed by atoms with Gasteiger partial charge in [0.2, 0.25) is 0 Å². The number of nitrogens with zero attached hydrogens (tertiary/aromatic N) is 1. The van der Waals surface area contributed by atoms with Gasteiger partial charge in [0.25, 0.3) is 11.7 Å². The van der Waals surface area contributed by atoms with E-state index in [-0.39, 0.29) is 11.3 Å². The first kappa shape index (κ1) is 21.2. The molecule has 1 atom stereocenters. The smallest absolute Gasteiger partial charge is 0.300 e. The zero-order chi connectivity index (χ0) is 22.1. The lowest BCUT2D eigenvalue weighted by atomic mass is 9.99. The van der Waals surface area contributed by atoms with E-state index >= 15 is 0 Å². The van der Waals surface area contributed by atoms with Gasteiger partial charge in [-0.3, -0.25) is 14.5 Å². The molecule has 1 fully saturated rings. The molecule has 0 radical (unpaired) electrons.